The number of nitrogens with zero attached hydrogens (tertiary/aromatic N) is 3. The van der Waals surface area contributed by atoms with Crippen LogP contribution < -0.4 is 5.01 Å². The van der Waals surface area contributed by atoms with Gasteiger partial charge < -0.3 is 4.74 Å². The maximum Gasteiger partial charge on any atom is 0.263 e. The summed E-state index contributed by atoms with van der Waals surface area (Å²) in [5, 5.41) is 6.61. The van der Waals surface area contributed by atoms with Gasteiger partial charge in [-0.15, -0.1) is 5.10 Å². The van der Waals surface area contributed by atoms with E-state index in [4.69, 9.17) is 16.3 Å². The molecule has 0 unspecified atom stereocenters. The first-order valence-corrected chi connectivity index (χ1v) is 9.61. The first kappa shape index (κ1) is 16.9. The fourth-order valence-corrected chi connectivity index (χ4v) is 4.07. The highest BCUT2D eigenvalue weighted by atomic mass is 35.5. The van der Waals surface area contributed by atoms with Crippen LogP contribution in [0.1, 0.15) is 38.5 Å². The summed E-state index contributed by atoms with van der Waals surface area (Å²) in [5.41, 5.74) is 0.169. The van der Waals surface area contributed by atoms with E-state index in [9.17, 15) is 4.79 Å². The summed E-state index contributed by atoms with van der Waals surface area (Å²) in [5.74, 6) is 0.620. The molecule has 0 radical (unpaired) electrons. The van der Waals surface area contributed by atoms with Crippen LogP contribution in [-0.2, 0) is 9.53 Å². The van der Waals surface area contributed by atoms with Crippen molar-refractivity contribution in [3.8, 4) is 0 Å². The number of rotatable bonds is 4. The van der Waals surface area contributed by atoms with Gasteiger partial charge in [-0.25, -0.2) is 0 Å². The van der Waals surface area contributed by atoms with Gasteiger partial charge in [0, 0.05) is 11.6 Å². The van der Waals surface area contributed by atoms with Gasteiger partial charge in [-0.2, -0.15) is 5.01 Å². The van der Waals surface area contributed by atoms with E-state index in [0.29, 0.717) is 23.2 Å². The minimum absolute atomic E-state index is 0.0222. The van der Waals surface area contributed by atoms with E-state index >= 15 is 0 Å². The molecular formula is C19H24ClN3O2. The molecule has 0 aromatic heterocycles. The Labute approximate surface area is 153 Å². The molecule has 1 aromatic rings. The molecule has 2 fully saturated rings. The summed E-state index contributed by atoms with van der Waals surface area (Å²) in [4.78, 5) is 15.4. The van der Waals surface area contributed by atoms with Crippen LogP contribution in [0.25, 0.3) is 0 Å². The quantitative estimate of drug-likeness (QED) is 0.821. The first-order valence-electron chi connectivity index (χ1n) is 9.23. The number of ether oxygens (including phenoxy) is 1. The number of carbonyl (C=O) groups excluding carboxylic acids is 1. The molecule has 6 heteroatoms. The van der Waals surface area contributed by atoms with Crippen molar-refractivity contribution in [1.29, 1.82) is 0 Å². The predicted octanol–water partition coefficient (Wildman–Crippen LogP) is 3.67. The second-order valence-corrected chi connectivity index (χ2v) is 7.62. The molecule has 1 saturated carbocycles. The van der Waals surface area contributed by atoms with Gasteiger partial charge in [0.15, 0.2) is 0 Å². The number of piperidine rings is 1. The number of likely N-dealkylation sites (tertiary alicyclic amines) is 1. The van der Waals surface area contributed by atoms with Gasteiger partial charge in [-0.3, -0.25) is 9.69 Å². The Morgan fingerprint density at radius 3 is 2.64 bits per heavy atom. The molecule has 3 aliphatic rings. The van der Waals surface area contributed by atoms with Crippen molar-refractivity contribution in [2.45, 2.75) is 38.5 Å². The molecule has 1 amide bonds. The fourth-order valence-electron chi connectivity index (χ4n) is 3.89. The van der Waals surface area contributed by atoms with Crippen LogP contribution >= 0.6 is 11.6 Å². The lowest BCUT2D eigenvalue weighted by Gasteiger charge is -2.36. The molecule has 1 aliphatic carbocycles. The van der Waals surface area contributed by atoms with Gasteiger partial charge in [0.2, 0.25) is 5.90 Å². The van der Waals surface area contributed by atoms with Gasteiger partial charge >= 0.3 is 0 Å². The van der Waals surface area contributed by atoms with Crippen molar-refractivity contribution >= 4 is 29.1 Å². The molecule has 5 nitrogen and oxygen atoms in total. The lowest BCUT2D eigenvalue weighted by atomic mass is 9.68. The van der Waals surface area contributed by atoms with E-state index in [1.165, 1.54) is 24.3 Å². The molecule has 2 aliphatic heterocycles. The monoisotopic (exact) mass is 361 g/mol. The van der Waals surface area contributed by atoms with Gasteiger partial charge in [-0.05, 0) is 57.0 Å². The van der Waals surface area contributed by atoms with E-state index in [2.05, 4.69) is 10.0 Å². The summed E-state index contributed by atoms with van der Waals surface area (Å²) in [6.45, 7) is 3.79. The lowest BCUT2D eigenvalue weighted by molar-refractivity contribution is -0.127. The van der Waals surface area contributed by atoms with Crippen molar-refractivity contribution < 1.29 is 9.53 Å². The molecule has 2 heterocycles. The molecule has 134 valence electrons. The van der Waals surface area contributed by atoms with Crippen molar-refractivity contribution in [1.82, 2.24) is 4.90 Å². The fraction of sp³-hybridized carbons (Fsp3) is 0.579. The van der Waals surface area contributed by atoms with Crippen LogP contribution in [0.2, 0.25) is 5.02 Å². The maximum absolute atomic E-state index is 13.0. The van der Waals surface area contributed by atoms with Gasteiger partial charge in [0.25, 0.3) is 5.91 Å². The predicted molar refractivity (Wildman–Crippen MR) is 98.9 cm³/mol. The van der Waals surface area contributed by atoms with E-state index in [1.54, 1.807) is 12.1 Å². The molecule has 0 atom stereocenters. The highest BCUT2D eigenvalue weighted by Crippen LogP contribution is 2.48. The minimum atomic E-state index is -0.537. The molecule has 1 spiro atoms. The minimum Gasteiger partial charge on any atom is -0.478 e. The van der Waals surface area contributed by atoms with Crippen LogP contribution in [0.15, 0.2) is 29.4 Å². The molecule has 1 aromatic carbocycles. The largest absolute Gasteiger partial charge is 0.478 e. The highest BCUT2D eigenvalue weighted by molar-refractivity contribution is 6.31. The summed E-state index contributed by atoms with van der Waals surface area (Å²) < 4.78 is 6.03. The number of carbonyl (C=O) groups is 1. The Morgan fingerprint density at radius 2 is 1.96 bits per heavy atom. The average molecular weight is 362 g/mol. The second-order valence-electron chi connectivity index (χ2n) is 7.19. The third kappa shape index (κ3) is 3.15. The average Bonchev–Trinajstić information content (AvgIpc) is 2.88. The number of benzene rings is 1. The van der Waals surface area contributed by atoms with Crippen LogP contribution in [0.3, 0.4) is 0 Å². The summed E-state index contributed by atoms with van der Waals surface area (Å²) in [7, 11) is 0. The molecule has 1 saturated heterocycles. The summed E-state index contributed by atoms with van der Waals surface area (Å²) in [6.07, 6.45) is 6.56. The lowest BCUT2D eigenvalue weighted by Crippen LogP contribution is -2.46. The van der Waals surface area contributed by atoms with E-state index in [-0.39, 0.29) is 5.91 Å². The van der Waals surface area contributed by atoms with Crippen molar-refractivity contribution in [3.05, 3.63) is 29.3 Å². The van der Waals surface area contributed by atoms with Crippen molar-refractivity contribution in [2.24, 2.45) is 10.5 Å². The van der Waals surface area contributed by atoms with Gasteiger partial charge in [0.1, 0.15) is 12.0 Å². The number of hydrogen-bond acceptors (Lipinski definition) is 4. The molecule has 0 bridgehead atoms. The summed E-state index contributed by atoms with van der Waals surface area (Å²) >= 11 is 6.07. The van der Waals surface area contributed by atoms with Gasteiger partial charge in [-0.1, -0.05) is 30.5 Å². The third-order valence-corrected chi connectivity index (χ3v) is 5.79. The topological polar surface area (TPSA) is 45.1 Å². The molecule has 0 N–H and O–H groups in total. The Morgan fingerprint density at radius 1 is 1.16 bits per heavy atom. The maximum atomic E-state index is 13.0. The van der Waals surface area contributed by atoms with Crippen molar-refractivity contribution in [2.75, 3.05) is 31.3 Å². The zero-order valence-corrected chi connectivity index (χ0v) is 15.2. The van der Waals surface area contributed by atoms with Crippen molar-refractivity contribution in [3.63, 3.8) is 0 Å². The Bertz CT molecular complexity index is 681. The Hall–Kier alpha value is -1.59. The highest BCUT2D eigenvalue weighted by Gasteiger charge is 2.57. The zero-order valence-electron chi connectivity index (χ0n) is 14.4. The number of hydrogen-bond donors (Lipinski definition) is 0. The second kappa shape index (κ2) is 6.96. The number of anilines is 1. The number of hydrazone groups is 1. The molecular weight excluding hydrogens is 338 g/mol. The molecule has 25 heavy (non-hydrogen) atoms. The van der Waals surface area contributed by atoms with E-state index in [0.717, 1.165) is 38.9 Å². The molecule has 4 rings (SSSR count). The van der Waals surface area contributed by atoms with Crippen LogP contribution in [-0.4, -0.2) is 42.9 Å². The SMILES string of the molecule is O=C1N(c2cccc(Cl)c2)N=C(OCCN2CCCCC2)C12CCC2. The van der Waals surface area contributed by atoms with E-state index in [1.807, 2.05) is 12.1 Å². The number of amides is 1. The Balaban J connectivity index is 1.46. The van der Waals surface area contributed by atoms with Crippen LogP contribution in [0.4, 0.5) is 5.69 Å². The number of halogens is 1. The van der Waals surface area contributed by atoms with Crippen LogP contribution in [0, 0.1) is 5.41 Å². The zero-order chi connectivity index (χ0) is 17.3. The normalized spacial score (nSPS) is 22.8. The first-order chi connectivity index (χ1) is 12.2. The Kier molecular flexibility index (Phi) is 4.69. The smallest absolute Gasteiger partial charge is 0.263 e. The summed E-state index contributed by atoms with van der Waals surface area (Å²) in [6, 6.07) is 7.26. The third-order valence-electron chi connectivity index (χ3n) is 5.56. The standard InChI is InChI=1S/C19H24ClN3O2/c20-15-6-4-7-16(14-15)23-18(24)19(8-5-9-19)17(21-23)25-13-12-22-10-2-1-3-11-22/h4,6-7,14H,1-3,5,8-13H2. The van der Waals surface area contributed by atoms with E-state index < -0.39 is 5.41 Å². The van der Waals surface area contributed by atoms with Gasteiger partial charge in [0.05, 0.1) is 5.69 Å². The van der Waals surface area contributed by atoms with Crippen LogP contribution in [0.5, 0.6) is 0 Å².